The Labute approximate surface area is 48.7 Å². The van der Waals surface area contributed by atoms with E-state index in [1.165, 1.54) is 0 Å². The van der Waals surface area contributed by atoms with E-state index in [0.29, 0.717) is 0 Å². The second-order valence-corrected chi connectivity index (χ2v) is 1.42. The molecular weight excluding hydrogens is 98.1 g/mol. The van der Waals surface area contributed by atoms with Gasteiger partial charge in [0, 0.05) is 0 Å². The molecule has 0 atom stereocenters. The predicted molar refractivity (Wildman–Crippen MR) is 34.5 cm³/mol. The molecule has 0 aliphatic carbocycles. The van der Waals surface area contributed by atoms with Gasteiger partial charge in [-0.05, 0) is 24.9 Å². The topological polar surface area (TPSA) is 12.4 Å². The third-order valence-electron chi connectivity index (χ3n) is 0.883. The van der Waals surface area contributed by atoms with E-state index in [4.69, 9.17) is 0 Å². The summed E-state index contributed by atoms with van der Waals surface area (Å²) in [4.78, 5) is 3.70. The van der Waals surface area contributed by atoms with Crippen LogP contribution in [0.2, 0.25) is 0 Å². The standard InChI is InChI=1S/C7H6N/c1-8-7-5-3-2-4-6-7/h3-6H,1H2. The van der Waals surface area contributed by atoms with Gasteiger partial charge in [-0.25, -0.2) is 0 Å². The monoisotopic (exact) mass is 104 g/mol. The highest BCUT2D eigenvalue weighted by Crippen LogP contribution is 2.06. The quantitative estimate of drug-likeness (QED) is 0.482. The molecule has 1 heteroatoms. The number of rotatable bonds is 1. The van der Waals surface area contributed by atoms with Crippen molar-refractivity contribution in [2.45, 2.75) is 0 Å². The zero-order valence-electron chi connectivity index (χ0n) is 4.46. The molecule has 1 aromatic carbocycles. The highest BCUT2D eigenvalue weighted by Gasteiger charge is 1.77. The lowest BCUT2D eigenvalue weighted by Gasteiger charge is -1.84. The summed E-state index contributed by atoms with van der Waals surface area (Å²) in [6, 6.07) is 10.2. The van der Waals surface area contributed by atoms with Crippen molar-refractivity contribution >= 4 is 12.4 Å². The van der Waals surface area contributed by atoms with Crippen LogP contribution in [-0.2, 0) is 0 Å². The number of benzene rings is 1. The van der Waals surface area contributed by atoms with Gasteiger partial charge < -0.3 is 0 Å². The Bertz CT molecular complexity index is 167. The Kier molecular flexibility index (Phi) is 1.42. The third kappa shape index (κ3) is 0.936. The van der Waals surface area contributed by atoms with Crippen LogP contribution in [0.25, 0.3) is 0 Å². The highest BCUT2D eigenvalue weighted by atomic mass is 14.7. The van der Waals surface area contributed by atoms with Crippen molar-refractivity contribution in [2.75, 3.05) is 0 Å². The maximum absolute atomic E-state index is 3.70. The second kappa shape index (κ2) is 2.26. The molecule has 0 fully saturated rings. The fraction of sp³-hybridized carbons (Fsp3) is 0. The minimum atomic E-state index is 0.892. The number of hydrogen-bond donors (Lipinski definition) is 0. The Morgan fingerprint density at radius 3 is 2.38 bits per heavy atom. The average molecular weight is 104 g/mol. The second-order valence-electron chi connectivity index (χ2n) is 1.42. The van der Waals surface area contributed by atoms with Gasteiger partial charge in [-0.15, -0.1) is 0 Å². The third-order valence-corrected chi connectivity index (χ3v) is 0.883. The largest absolute Gasteiger partial charge is 0.265 e. The van der Waals surface area contributed by atoms with Gasteiger partial charge >= 0.3 is 0 Å². The Morgan fingerprint density at radius 1 is 1.38 bits per heavy atom. The smallest absolute Gasteiger partial charge is 0.0622 e. The summed E-state index contributed by atoms with van der Waals surface area (Å²) in [6.45, 7) is 3.37. The van der Waals surface area contributed by atoms with Crippen LogP contribution in [0.5, 0.6) is 0 Å². The summed E-state index contributed by atoms with van der Waals surface area (Å²) >= 11 is 0. The van der Waals surface area contributed by atoms with Crippen molar-refractivity contribution in [3.63, 3.8) is 0 Å². The fourth-order valence-electron chi connectivity index (χ4n) is 0.484. The molecule has 8 heavy (non-hydrogen) atoms. The molecule has 1 rings (SSSR count). The van der Waals surface area contributed by atoms with Gasteiger partial charge in [-0.1, -0.05) is 12.1 Å². The summed E-state index contributed by atoms with van der Waals surface area (Å²) in [5.74, 6) is 0. The van der Waals surface area contributed by atoms with Gasteiger partial charge in [0.15, 0.2) is 0 Å². The number of hydrogen-bond acceptors (Lipinski definition) is 1. The molecule has 0 amide bonds. The minimum absolute atomic E-state index is 0.892. The van der Waals surface area contributed by atoms with Crippen LogP contribution in [0.4, 0.5) is 5.69 Å². The Balaban J connectivity index is 2.99. The van der Waals surface area contributed by atoms with Crippen molar-refractivity contribution in [3.05, 3.63) is 30.3 Å². The van der Waals surface area contributed by atoms with Crippen molar-refractivity contribution in [1.29, 1.82) is 0 Å². The van der Waals surface area contributed by atoms with Gasteiger partial charge in [0.2, 0.25) is 0 Å². The summed E-state index contributed by atoms with van der Waals surface area (Å²) in [6.07, 6.45) is 0. The van der Waals surface area contributed by atoms with Gasteiger partial charge in [-0.3, -0.25) is 4.99 Å². The first-order valence-electron chi connectivity index (χ1n) is 2.36. The van der Waals surface area contributed by atoms with Crippen molar-refractivity contribution in [1.82, 2.24) is 0 Å². The summed E-state index contributed by atoms with van der Waals surface area (Å²) in [7, 11) is 0. The first-order valence-corrected chi connectivity index (χ1v) is 2.36. The average Bonchev–Trinajstić information content (AvgIpc) is 1.90. The van der Waals surface area contributed by atoms with Gasteiger partial charge in [0.05, 0.1) is 5.69 Å². The highest BCUT2D eigenvalue weighted by molar-refractivity contribution is 5.44. The summed E-state index contributed by atoms with van der Waals surface area (Å²) in [5.41, 5.74) is 0.892. The molecule has 1 aromatic rings. The molecule has 0 aliphatic rings. The van der Waals surface area contributed by atoms with Gasteiger partial charge in [0.25, 0.3) is 0 Å². The first kappa shape index (κ1) is 5.04. The maximum atomic E-state index is 3.70. The normalized spacial score (nSPS) is 8.50. The molecule has 0 bridgehead atoms. The van der Waals surface area contributed by atoms with Crippen LogP contribution in [0.1, 0.15) is 0 Å². The molecule has 0 aliphatic heterocycles. The number of aliphatic imine (C=N–C) groups is 1. The van der Waals surface area contributed by atoms with Gasteiger partial charge in [0.1, 0.15) is 0 Å². The van der Waals surface area contributed by atoms with Gasteiger partial charge in [-0.2, -0.15) is 0 Å². The molecule has 0 saturated carbocycles. The lowest BCUT2D eigenvalue weighted by molar-refractivity contribution is 1.55. The van der Waals surface area contributed by atoms with Crippen LogP contribution >= 0.6 is 0 Å². The van der Waals surface area contributed by atoms with E-state index in [0.717, 1.165) is 5.69 Å². The molecular formula is C7H6N. The van der Waals surface area contributed by atoms with E-state index < -0.39 is 0 Å². The van der Waals surface area contributed by atoms with Crippen LogP contribution in [0, 0.1) is 6.07 Å². The van der Waals surface area contributed by atoms with E-state index >= 15 is 0 Å². The van der Waals surface area contributed by atoms with Crippen molar-refractivity contribution in [2.24, 2.45) is 4.99 Å². The van der Waals surface area contributed by atoms with Crippen LogP contribution in [-0.4, -0.2) is 6.72 Å². The van der Waals surface area contributed by atoms with E-state index in [1.54, 1.807) is 0 Å². The molecule has 0 aromatic heterocycles. The predicted octanol–water partition coefficient (Wildman–Crippen LogP) is 1.82. The summed E-state index contributed by atoms with van der Waals surface area (Å²) in [5, 5.41) is 0. The van der Waals surface area contributed by atoms with Crippen molar-refractivity contribution in [3.8, 4) is 0 Å². The van der Waals surface area contributed by atoms with Crippen LogP contribution in [0.15, 0.2) is 29.3 Å². The molecule has 0 saturated heterocycles. The molecule has 1 radical (unpaired) electrons. The van der Waals surface area contributed by atoms with E-state index in [9.17, 15) is 0 Å². The van der Waals surface area contributed by atoms with E-state index in [2.05, 4.69) is 17.8 Å². The lowest BCUT2D eigenvalue weighted by Crippen LogP contribution is -1.58. The molecule has 0 heterocycles. The Morgan fingerprint density at radius 2 is 2.00 bits per heavy atom. The lowest BCUT2D eigenvalue weighted by atomic mass is 10.3. The van der Waals surface area contributed by atoms with E-state index in [1.807, 2.05) is 24.3 Å². The maximum Gasteiger partial charge on any atom is 0.0622 e. The minimum Gasteiger partial charge on any atom is -0.265 e. The molecule has 0 unspecified atom stereocenters. The SMILES string of the molecule is C=Nc1cc[c]cc1. The van der Waals surface area contributed by atoms with Crippen molar-refractivity contribution < 1.29 is 0 Å². The molecule has 0 N–H and O–H groups in total. The zero-order valence-corrected chi connectivity index (χ0v) is 4.46. The van der Waals surface area contributed by atoms with Crippen LogP contribution in [0.3, 0.4) is 0 Å². The summed E-state index contributed by atoms with van der Waals surface area (Å²) < 4.78 is 0. The first-order chi connectivity index (χ1) is 3.93. The molecule has 1 nitrogen and oxygen atoms in total. The van der Waals surface area contributed by atoms with E-state index in [-0.39, 0.29) is 0 Å². The zero-order chi connectivity index (χ0) is 5.82. The fourth-order valence-corrected chi connectivity index (χ4v) is 0.484. The van der Waals surface area contributed by atoms with Crippen LogP contribution < -0.4 is 0 Å². The Hall–Kier alpha value is -1.11. The number of nitrogens with zero attached hydrogens (tertiary/aromatic N) is 1. The molecule has 0 spiro atoms. The molecule has 39 valence electrons.